The molecule has 1 aliphatic rings. The first-order chi connectivity index (χ1) is 14.6. The van der Waals surface area contributed by atoms with E-state index in [4.69, 9.17) is 4.74 Å². The SMILES string of the molecule is COc1ccc2cc(-c3cc(N=O)cc(C4=NN=C(SCC(C)=O)C4)c3)ccc2c1. The molecule has 0 atom stereocenters. The van der Waals surface area contributed by atoms with Crippen LogP contribution in [-0.2, 0) is 4.79 Å². The van der Waals surface area contributed by atoms with Gasteiger partial charge in [-0.15, -0.1) is 21.8 Å². The van der Waals surface area contributed by atoms with Gasteiger partial charge in [0.2, 0.25) is 0 Å². The Morgan fingerprint density at radius 2 is 1.77 bits per heavy atom. The van der Waals surface area contributed by atoms with Crippen LogP contribution in [0.15, 0.2) is 70.0 Å². The van der Waals surface area contributed by atoms with Crippen LogP contribution in [0.5, 0.6) is 5.75 Å². The lowest BCUT2D eigenvalue weighted by Crippen LogP contribution is -2.04. The highest BCUT2D eigenvalue weighted by atomic mass is 32.2. The van der Waals surface area contributed by atoms with Gasteiger partial charge in [0, 0.05) is 12.0 Å². The summed E-state index contributed by atoms with van der Waals surface area (Å²) in [6.45, 7) is 1.55. The molecule has 7 heteroatoms. The maximum Gasteiger partial charge on any atom is 0.140 e. The number of carbonyl (C=O) groups is 1. The number of ether oxygens (including phenoxy) is 1. The Bertz CT molecular complexity index is 1220. The molecule has 0 bridgehead atoms. The summed E-state index contributed by atoms with van der Waals surface area (Å²) in [5, 5.41) is 14.5. The predicted molar refractivity (Wildman–Crippen MR) is 123 cm³/mol. The number of rotatable bonds is 6. The summed E-state index contributed by atoms with van der Waals surface area (Å²) >= 11 is 1.40. The summed E-state index contributed by atoms with van der Waals surface area (Å²) in [7, 11) is 1.65. The average Bonchev–Trinajstić information content (AvgIpc) is 3.25. The Morgan fingerprint density at radius 3 is 2.53 bits per heavy atom. The highest BCUT2D eigenvalue weighted by molar-refractivity contribution is 8.14. The van der Waals surface area contributed by atoms with E-state index >= 15 is 0 Å². The number of fused-ring (bicyclic) bond motifs is 1. The number of hydrogen-bond acceptors (Lipinski definition) is 7. The van der Waals surface area contributed by atoms with E-state index in [1.54, 1.807) is 26.2 Å². The maximum atomic E-state index is 11.3. The molecule has 0 unspecified atom stereocenters. The first-order valence-electron chi connectivity index (χ1n) is 9.38. The summed E-state index contributed by atoms with van der Waals surface area (Å²) < 4.78 is 5.29. The van der Waals surface area contributed by atoms with Crippen LogP contribution in [0.25, 0.3) is 21.9 Å². The lowest BCUT2D eigenvalue weighted by atomic mass is 9.97. The Hall–Kier alpha value is -3.32. The Morgan fingerprint density at radius 1 is 1.00 bits per heavy atom. The van der Waals surface area contributed by atoms with Gasteiger partial charge < -0.3 is 4.74 Å². The summed E-state index contributed by atoms with van der Waals surface area (Å²) in [5.74, 6) is 1.28. The van der Waals surface area contributed by atoms with Crippen LogP contribution in [0, 0.1) is 4.91 Å². The molecule has 6 nitrogen and oxygen atoms in total. The van der Waals surface area contributed by atoms with Gasteiger partial charge in [0.1, 0.15) is 22.3 Å². The quantitative estimate of drug-likeness (QED) is 0.479. The molecule has 0 fully saturated rings. The molecule has 1 aliphatic heterocycles. The fourth-order valence-electron chi connectivity index (χ4n) is 3.28. The second-order valence-corrected chi connectivity index (χ2v) is 8.04. The number of hydrogen-bond donors (Lipinski definition) is 0. The van der Waals surface area contributed by atoms with Crippen molar-refractivity contribution in [3.05, 3.63) is 65.1 Å². The molecule has 1 heterocycles. The third kappa shape index (κ3) is 4.31. The number of methoxy groups -OCH3 is 1. The number of carbonyl (C=O) groups excluding carboxylic acids is 1. The summed E-state index contributed by atoms with van der Waals surface area (Å²) in [4.78, 5) is 22.5. The number of ketones is 1. The van der Waals surface area contributed by atoms with Crippen molar-refractivity contribution in [3.8, 4) is 16.9 Å². The highest BCUT2D eigenvalue weighted by Gasteiger charge is 2.17. The standard InChI is InChI=1S/C23H19N3O3S/c1-14(27)13-30-23-12-22(24-25-23)19-8-18(9-20(10-19)26-28)16-3-4-17-11-21(29-2)6-5-15(17)7-16/h3-11H,12-13H2,1-2H3. The highest BCUT2D eigenvalue weighted by Crippen LogP contribution is 2.31. The number of Topliss-reactive ketones (excluding diaryl/α,β-unsaturated/α-hetero) is 1. The Balaban J connectivity index is 1.65. The molecule has 0 amide bonds. The normalized spacial score (nSPS) is 13.1. The molecule has 0 saturated heterocycles. The molecule has 150 valence electrons. The van der Waals surface area contributed by atoms with Crippen LogP contribution >= 0.6 is 11.8 Å². The van der Waals surface area contributed by atoms with E-state index in [9.17, 15) is 9.70 Å². The predicted octanol–water partition coefficient (Wildman–Crippen LogP) is 5.74. The van der Waals surface area contributed by atoms with Crippen LogP contribution in [0.1, 0.15) is 18.9 Å². The fraction of sp³-hybridized carbons (Fsp3) is 0.174. The lowest BCUT2D eigenvalue weighted by molar-refractivity contribution is -0.114. The third-order valence-corrected chi connectivity index (χ3v) is 5.89. The first-order valence-corrected chi connectivity index (χ1v) is 10.4. The largest absolute Gasteiger partial charge is 0.497 e. The molecule has 0 radical (unpaired) electrons. The van der Waals surface area contributed by atoms with Crippen LogP contribution in [0.4, 0.5) is 5.69 Å². The van der Waals surface area contributed by atoms with Gasteiger partial charge in [-0.2, -0.15) is 5.10 Å². The topological polar surface area (TPSA) is 80.4 Å². The van der Waals surface area contributed by atoms with Crippen LogP contribution in [0.2, 0.25) is 0 Å². The minimum Gasteiger partial charge on any atom is -0.497 e. The van der Waals surface area contributed by atoms with E-state index in [2.05, 4.69) is 21.4 Å². The summed E-state index contributed by atoms with van der Waals surface area (Å²) in [5.41, 5.74) is 3.76. The summed E-state index contributed by atoms with van der Waals surface area (Å²) in [6, 6.07) is 17.5. The van der Waals surface area contributed by atoms with Gasteiger partial charge in [-0.3, -0.25) is 4.79 Å². The molecule has 0 saturated carbocycles. The van der Waals surface area contributed by atoms with Crippen molar-refractivity contribution in [2.45, 2.75) is 13.3 Å². The monoisotopic (exact) mass is 417 g/mol. The van der Waals surface area contributed by atoms with Crippen molar-refractivity contribution in [2.75, 3.05) is 12.9 Å². The van der Waals surface area contributed by atoms with Gasteiger partial charge in [-0.1, -0.05) is 18.2 Å². The number of thioether (sulfide) groups is 1. The second kappa shape index (κ2) is 8.59. The van der Waals surface area contributed by atoms with E-state index in [1.807, 2.05) is 36.4 Å². The van der Waals surface area contributed by atoms with E-state index in [1.165, 1.54) is 11.8 Å². The van der Waals surface area contributed by atoms with Crippen molar-refractivity contribution in [2.24, 2.45) is 15.4 Å². The van der Waals surface area contributed by atoms with E-state index < -0.39 is 0 Å². The molecule has 0 aliphatic carbocycles. The van der Waals surface area contributed by atoms with Crippen molar-refractivity contribution in [1.29, 1.82) is 0 Å². The summed E-state index contributed by atoms with van der Waals surface area (Å²) in [6.07, 6.45) is 0.539. The zero-order valence-corrected chi connectivity index (χ0v) is 17.4. The van der Waals surface area contributed by atoms with Crippen LogP contribution in [0.3, 0.4) is 0 Å². The third-order valence-electron chi connectivity index (χ3n) is 4.78. The zero-order valence-electron chi connectivity index (χ0n) is 16.6. The molecule has 0 aromatic heterocycles. The fourth-order valence-corrected chi connectivity index (χ4v) is 3.99. The van der Waals surface area contributed by atoms with Crippen LogP contribution < -0.4 is 4.74 Å². The zero-order chi connectivity index (χ0) is 21.1. The van der Waals surface area contributed by atoms with Gasteiger partial charge >= 0.3 is 0 Å². The van der Waals surface area contributed by atoms with Gasteiger partial charge in [0.05, 0.1) is 18.6 Å². The Kier molecular flexibility index (Phi) is 5.72. The molecule has 4 rings (SSSR count). The number of benzene rings is 3. The number of nitroso groups, excluding NO2 is 1. The smallest absolute Gasteiger partial charge is 0.140 e. The first kappa shape index (κ1) is 20.0. The van der Waals surface area contributed by atoms with Crippen molar-refractivity contribution >= 4 is 44.8 Å². The van der Waals surface area contributed by atoms with Gasteiger partial charge in [-0.05, 0) is 70.4 Å². The second-order valence-electron chi connectivity index (χ2n) is 7.00. The van der Waals surface area contributed by atoms with Crippen molar-refractivity contribution in [1.82, 2.24) is 0 Å². The lowest BCUT2D eigenvalue weighted by Gasteiger charge is -2.09. The molecule has 30 heavy (non-hydrogen) atoms. The van der Waals surface area contributed by atoms with Crippen molar-refractivity contribution in [3.63, 3.8) is 0 Å². The molecule has 0 spiro atoms. The minimum atomic E-state index is 0.0968. The molecule has 0 N–H and O–H groups in total. The number of nitrogens with zero attached hydrogens (tertiary/aromatic N) is 3. The van der Waals surface area contributed by atoms with Gasteiger partial charge in [0.15, 0.2) is 0 Å². The van der Waals surface area contributed by atoms with E-state index in [-0.39, 0.29) is 5.78 Å². The van der Waals surface area contributed by atoms with Crippen LogP contribution in [-0.4, -0.2) is 29.4 Å². The average molecular weight is 417 g/mol. The minimum absolute atomic E-state index is 0.0968. The van der Waals surface area contributed by atoms with Gasteiger partial charge in [0.25, 0.3) is 0 Å². The van der Waals surface area contributed by atoms with Crippen molar-refractivity contribution < 1.29 is 9.53 Å². The Labute approximate surface area is 178 Å². The molecular weight excluding hydrogens is 398 g/mol. The van der Waals surface area contributed by atoms with Gasteiger partial charge in [-0.25, -0.2) is 0 Å². The maximum absolute atomic E-state index is 11.3. The molecule has 3 aromatic rings. The molecule has 3 aromatic carbocycles. The molecular formula is C23H19N3O3S. The van der Waals surface area contributed by atoms with E-state index in [0.717, 1.165) is 44.0 Å². The van der Waals surface area contributed by atoms with E-state index in [0.29, 0.717) is 17.9 Å².